The van der Waals surface area contributed by atoms with Crippen LogP contribution in [0.4, 0.5) is 11.4 Å². The smallest absolute Gasteiger partial charge is 0.0599 e. The Bertz CT molecular complexity index is 333. The number of fused-ring (bicyclic) bond motifs is 1. The van der Waals surface area contributed by atoms with Gasteiger partial charge in [-0.25, -0.2) is 0 Å². The lowest BCUT2D eigenvalue weighted by Crippen LogP contribution is -2.19. The first kappa shape index (κ1) is 9.38. The van der Waals surface area contributed by atoms with Gasteiger partial charge in [0.15, 0.2) is 0 Å². The highest BCUT2D eigenvalue weighted by Gasteiger charge is 2.15. The van der Waals surface area contributed by atoms with Crippen molar-refractivity contribution in [2.75, 3.05) is 23.8 Å². The number of anilines is 2. The minimum absolute atomic E-state index is 0.570. The Morgan fingerprint density at radius 1 is 1.43 bits per heavy atom. The fourth-order valence-electron chi connectivity index (χ4n) is 1.94. The maximum Gasteiger partial charge on any atom is 0.0599 e. The van der Waals surface area contributed by atoms with Gasteiger partial charge < -0.3 is 10.2 Å². The summed E-state index contributed by atoms with van der Waals surface area (Å²) in [6.07, 6.45) is 1.20. The van der Waals surface area contributed by atoms with E-state index in [1.165, 1.54) is 23.4 Å². The second kappa shape index (κ2) is 3.52. The van der Waals surface area contributed by atoms with Gasteiger partial charge in [0, 0.05) is 19.6 Å². The molecule has 0 aromatic heterocycles. The van der Waals surface area contributed by atoms with Gasteiger partial charge in [0.1, 0.15) is 0 Å². The first-order valence-corrected chi connectivity index (χ1v) is 5.25. The molecule has 1 N–H and O–H groups in total. The van der Waals surface area contributed by atoms with Gasteiger partial charge >= 0.3 is 0 Å². The van der Waals surface area contributed by atoms with Crippen LogP contribution in [0.2, 0.25) is 0 Å². The number of benzene rings is 1. The second-order valence-corrected chi connectivity index (χ2v) is 4.28. The van der Waals surface area contributed by atoms with Crippen molar-refractivity contribution in [2.45, 2.75) is 26.3 Å². The van der Waals surface area contributed by atoms with Gasteiger partial charge in [-0.15, -0.1) is 0 Å². The summed E-state index contributed by atoms with van der Waals surface area (Å²) in [5.41, 5.74) is 3.91. The van der Waals surface area contributed by atoms with Crippen molar-refractivity contribution in [3.8, 4) is 0 Å². The van der Waals surface area contributed by atoms with Gasteiger partial charge in [0.25, 0.3) is 0 Å². The summed E-state index contributed by atoms with van der Waals surface area (Å²) in [7, 11) is 2.16. The van der Waals surface area contributed by atoms with Crippen LogP contribution in [-0.2, 0) is 0 Å². The van der Waals surface area contributed by atoms with Crippen LogP contribution in [0.25, 0.3) is 0 Å². The Morgan fingerprint density at radius 2 is 2.21 bits per heavy atom. The summed E-state index contributed by atoms with van der Waals surface area (Å²) in [4.78, 5) is 2.32. The molecule has 0 aliphatic carbocycles. The largest absolute Gasteiger partial charge is 0.381 e. The second-order valence-electron chi connectivity index (χ2n) is 4.28. The van der Waals surface area contributed by atoms with E-state index in [9.17, 15) is 0 Å². The lowest BCUT2D eigenvalue weighted by molar-refractivity contribution is 0.711. The molecule has 0 amide bonds. The lowest BCUT2D eigenvalue weighted by Gasteiger charge is -2.18. The van der Waals surface area contributed by atoms with Crippen molar-refractivity contribution in [3.63, 3.8) is 0 Å². The van der Waals surface area contributed by atoms with E-state index in [1.807, 2.05) is 0 Å². The number of rotatable bonds is 0. The van der Waals surface area contributed by atoms with Crippen molar-refractivity contribution in [1.29, 1.82) is 0 Å². The fourth-order valence-corrected chi connectivity index (χ4v) is 1.94. The molecule has 1 aliphatic rings. The van der Waals surface area contributed by atoms with Crippen LogP contribution in [0.3, 0.4) is 0 Å². The van der Waals surface area contributed by atoms with Gasteiger partial charge in [0.05, 0.1) is 11.4 Å². The monoisotopic (exact) mass is 190 g/mol. The Labute approximate surface area is 85.9 Å². The van der Waals surface area contributed by atoms with Crippen LogP contribution in [-0.4, -0.2) is 19.6 Å². The molecular formula is C12H18N2. The highest BCUT2D eigenvalue weighted by atomic mass is 15.1. The molecule has 0 fully saturated rings. The maximum absolute atomic E-state index is 3.55. The molecule has 0 bridgehead atoms. The Morgan fingerprint density at radius 3 is 3.00 bits per heavy atom. The SMILES string of the molecule is Cc1ccc2c(c1)NC(C)CCN2C. The normalized spacial score (nSPS) is 21.1. The molecule has 0 saturated carbocycles. The molecule has 76 valence electrons. The molecule has 2 heteroatoms. The van der Waals surface area contributed by atoms with E-state index in [4.69, 9.17) is 0 Å². The van der Waals surface area contributed by atoms with E-state index < -0.39 is 0 Å². The molecule has 2 rings (SSSR count). The van der Waals surface area contributed by atoms with Crippen molar-refractivity contribution in [1.82, 2.24) is 0 Å². The third-order valence-electron chi connectivity index (χ3n) is 2.86. The molecule has 2 nitrogen and oxygen atoms in total. The van der Waals surface area contributed by atoms with E-state index in [0.717, 1.165) is 6.54 Å². The minimum Gasteiger partial charge on any atom is -0.381 e. The third kappa shape index (κ3) is 1.69. The molecule has 1 aromatic rings. The molecular weight excluding hydrogens is 172 g/mol. The number of aryl methyl sites for hydroxylation is 1. The van der Waals surface area contributed by atoms with Gasteiger partial charge in [-0.3, -0.25) is 0 Å². The summed E-state index contributed by atoms with van der Waals surface area (Å²) >= 11 is 0. The molecule has 0 saturated heterocycles. The molecule has 1 heterocycles. The summed E-state index contributed by atoms with van der Waals surface area (Å²) in [6.45, 7) is 5.51. The van der Waals surface area contributed by atoms with Gasteiger partial charge in [-0.2, -0.15) is 0 Å². The first-order valence-electron chi connectivity index (χ1n) is 5.25. The van der Waals surface area contributed by atoms with E-state index in [0.29, 0.717) is 6.04 Å². The molecule has 1 aliphatic heterocycles. The molecule has 0 radical (unpaired) electrons. The van der Waals surface area contributed by atoms with Crippen molar-refractivity contribution >= 4 is 11.4 Å². The Hall–Kier alpha value is -1.18. The standard InChI is InChI=1S/C12H18N2/c1-9-4-5-12-11(8-9)13-10(2)6-7-14(12)3/h4-5,8,10,13H,6-7H2,1-3H3. The quantitative estimate of drug-likeness (QED) is 0.676. The van der Waals surface area contributed by atoms with Gasteiger partial charge in [-0.05, 0) is 38.0 Å². The van der Waals surface area contributed by atoms with Crippen LogP contribution in [0.1, 0.15) is 18.9 Å². The zero-order valence-electron chi connectivity index (χ0n) is 9.17. The zero-order chi connectivity index (χ0) is 10.1. The van der Waals surface area contributed by atoms with E-state index in [2.05, 4.69) is 49.3 Å². The summed E-state index contributed by atoms with van der Waals surface area (Å²) in [5.74, 6) is 0. The number of nitrogens with zero attached hydrogens (tertiary/aromatic N) is 1. The number of hydrogen-bond donors (Lipinski definition) is 1. The van der Waals surface area contributed by atoms with Crippen LogP contribution < -0.4 is 10.2 Å². The minimum atomic E-state index is 0.570. The predicted octanol–water partition coefficient (Wildman–Crippen LogP) is 2.64. The van der Waals surface area contributed by atoms with Crippen molar-refractivity contribution in [3.05, 3.63) is 23.8 Å². The number of nitrogens with one attached hydrogen (secondary N) is 1. The highest BCUT2D eigenvalue weighted by Crippen LogP contribution is 2.29. The van der Waals surface area contributed by atoms with Crippen molar-refractivity contribution in [2.24, 2.45) is 0 Å². The van der Waals surface area contributed by atoms with E-state index >= 15 is 0 Å². The molecule has 14 heavy (non-hydrogen) atoms. The van der Waals surface area contributed by atoms with E-state index in [1.54, 1.807) is 0 Å². The zero-order valence-corrected chi connectivity index (χ0v) is 9.17. The summed E-state index contributed by atoms with van der Waals surface area (Å²) in [5, 5.41) is 3.55. The van der Waals surface area contributed by atoms with Crippen molar-refractivity contribution < 1.29 is 0 Å². The Balaban J connectivity index is 2.41. The first-order chi connectivity index (χ1) is 6.66. The fraction of sp³-hybridized carbons (Fsp3) is 0.500. The van der Waals surface area contributed by atoms with Crippen LogP contribution in [0, 0.1) is 6.92 Å². The molecule has 1 unspecified atom stereocenters. The third-order valence-corrected chi connectivity index (χ3v) is 2.86. The van der Waals surface area contributed by atoms with Crippen LogP contribution >= 0.6 is 0 Å². The average Bonchev–Trinajstić information content (AvgIpc) is 2.26. The highest BCUT2D eigenvalue weighted by molar-refractivity contribution is 5.71. The maximum atomic E-state index is 3.55. The molecule has 0 spiro atoms. The topological polar surface area (TPSA) is 15.3 Å². The van der Waals surface area contributed by atoms with Crippen LogP contribution in [0.15, 0.2) is 18.2 Å². The average molecular weight is 190 g/mol. The molecule has 1 atom stereocenters. The summed E-state index contributed by atoms with van der Waals surface area (Å²) < 4.78 is 0. The van der Waals surface area contributed by atoms with E-state index in [-0.39, 0.29) is 0 Å². The van der Waals surface area contributed by atoms with Crippen LogP contribution in [0.5, 0.6) is 0 Å². The lowest BCUT2D eigenvalue weighted by atomic mass is 10.2. The number of hydrogen-bond acceptors (Lipinski definition) is 2. The van der Waals surface area contributed by atoms with Gasteiger partial charge in [-0.1, -0.05) is 6.07 Å². The molecule has 1 aromatic carbocycles. The summed E-state index contributed by atoms with van der Waals surface area (Å²) in [6, 6.07) is 7.18. The van der Waals surface area contributed by atoms with Gasteiger partial charge in [0.2, 0.25) is 0 Å². The Kier molecular flexibility index (Phi) is 2.36. The predicted molar refractivity (Wildman–Crippen MR) is 62.2 cm³/mol.